The number of para-hydroxylation sites is 2. The van der Waals surface area contributed by atoms with Crippen LogP contribution in [0.15, 0.2) is 73.1 Å². The Morgan fingerprint density at radius 1 is 1.00 bits per heavy atom. The van der Waals surface area contributed by atoms with Crippen LogP contribution in [-0.4, -0.2) is 39.0 Å². The maximum atomic E-state index is 12.8. The molecule has 0 spiro atoms. The molecule has 0 aliphatic heterocycles. The summed E-state index contributed by atoms with van der Waals surface area (Å²) in [5, 5.41) is 0. The molecular formula is C27H30N4O2. The van der Waals surface area contributed by atoms with E-state index in [1.54, 1.807) is 36.5 Å². The zero-order valence-corrected chi connectivity index (χ0v) is 19.7. The van der Waals surface area contributed by atoms with Gasteiger partial charge in [-0.3, -0.25) is 9.78 Å². The predicted molar refractivity (Wildman–Crippen MR) is 130 cm³/mol. The Labute approximate surface area is 194 Å². The van der Waals surface area contributed by atoms with Gasteiger partial charge in [0.25, 0.3) is 5.91 Å². The Morgan fingerprint density at radius 3 is 2.39 bits per heavy atom. The monoisotopic (exact) mass is 442 g/mol. The number of fused-ring (bicyclic) bond motifs is 1. The van der Waals surface area contributed by atoms with Crippen molar-refractivity contribution < 1.29 is 9.53 Å². The summed E-state index contributed by atoms with van der Waals surface area (Å²) in [6.45, 7) is 8.13. The van der Waals surface area contributed by atoms with E-state index in [9.17, 15) is 4.79 Å². The van der Waals surface area contributed by atoms with Crippen LogP contribution in [0.5, 0.6) is 5.75 Å². The third-order valence-electron chi connectivity index (χ3n) is 5.69. The van der Waals surface area contributed by atoms with E-state index in [2.05, 4.69) is 48.5 Å². The number of ether oxygens (including phenoxy) is 1. The van der Waals surface area contributed by atoms with Crippen LogP contribution < -0.4 is 4.74 Å². The molecule has 0 fully saturated rings. The van der Waals surface area contributed by atoms with E-state index >= 15 is 0 Å². The topological polar surface area (TPSA) is 60.2 Å². The Morgan fingerprint density at radius 2 is 1.70 bits per heavy atom. The molecule has 0 aliphatic rings. The Hall–Kier alpha value is -3.67. The average Bonchev–Trinajstić information content (AvgIpc) is 3.16. The third kappa shape index (κ3) is 5.22. The minimum absolute atomic E-state index is 0.0637. The molecule has 1 amide bonds. The van der Waals surface area contributed by atoms with Gasteiger partial charge in [0.2, 0.25) is 0 Å². The number of pyridine rings is 1. The fraction of sp³-hybridized carbons (Fsp3) is 0.296. The van der Waals surface area contributed by atoms with E-state index in [0.29, 0.717) is 25.3 Å². The smallest absolute Gasteiger partial charge is 0.254 e. The minimum Gasteiger partial charge on any atom is -0.492 e. The Bertz CT molecular complexity index is 1220. The molecule has 170 valence electrons. The second-order valence-corrected chi connectivity index (χ2v) is 9.19. The van der Waals surface area contributed by atoms with Gasteiger partial charge in [-0.2, -0.15) is 0 Å². The fourth-order valence-electron chi connectivity index (χ4n) is 3.80. The van der Waals surface area contributed by atoms with E-state index < -0.39 is 0 Å². The molecule has 2 heterocycles. The van der Waals surface area contributed by atoms with E-state index in [4.69, 9.17) is 9.72 Å². The molecule has 0 saturated carbocycles. The van der Waals surface area contributed by atoms with E-state index in [0.717, 1.165) is 22.6 Å². The lowest BCUT2D eigenvalue weighted by molar-refractivity contribution is 0.0780. The quantitative estimate of drug-likeness (QED) is 0.400. The molecule has 0 aliphatic carbocycles. The molecule has 4 aromatic rings. The molecule has 0 N–H and O–H groups in total. The number of carbonyl (C=O) groups excluding carboxylic acids is 1. The molecule has 0 radical (unpaired) electrons. The molecule has 2 aromatic carbocycles. The van der Waals surface area contributed by atoms with Gasteiger partial charge in [0, 0.05) is 25.0 Å². The van der Waals surface area contributed by atoms with Crippen LogP contribution in [0.1, 0.15) is 42.5 Å². The van der Waals surface area contributed by atoms with Crippen molar-refractivity contribution in [3.63, 3.8) is 0 Å². The summed E-state index contributed by atoms with van der Waals surface area (Å²) < 4.78 is 8.17. The highest BCUT2D eigenvalue weighted by atomic mass is 16.5. The number of benzene rings is 2. The van der Waals surface area contributed by atoms with Gasteiger partial charge < -0.3 is 14.2 Å². The van der Waals surface area contributed by atoms with Gasteiger partial charge in [-0.1, -0.05) is 45.0 Å². The van der Waals surface area contributed by atoms with Crippen LogP contribution in [0.25, 0.3) is 11.0 Å². The van der Waals surface area contributed by atoms with Gasteiger partial charge in [-0.25, -0.2) is 4.98 Å². The first kappa shape index (κ1) is 22.5. The number of aromatic nitrogens is 3. The van der Waals surface area contributed by atoms with Crippen molar-refractivity contribution in [3.05, 3.63) is 90.0 Å². The van der Waals surface area contributed by atoms with Crippen LogP contribution in [-0.2, 0) is 18.5 Å². The first-order valence-corrected chi connectivity index (χ1v) is 11.2. The summed E-state index contributed by atoms with van der Waals surface area (Å²) in [4.78, 5) is 23.3. The van der Waals surface area contributed by atoms with Crippen LogP contribution in [0.2, 0.25) is 0 Å². The van der Waals surface area contributed by atoms with Gasteiger partial charge in [-0.05, 0) is 47.4 Å². The normalized spacial score (nSPS) is 11.5. The highest BCUT2D eigenvalue weighted by Crippen LogP contribution is 2.24. The van der Waals surface area contributed by atoms with Crippen molar-refractivity contribution >= 4 is 16.9 Å². The zero-order chi connectivity index (χ0) is 23.4. The van der Waals surface area contributed by atoms with E-state index in [1.807, 2.05) is 30.3 Å². The number of rotatable bonds is 7. The highest BCUT2D eigenvalue weighted by Gasteiger charge is 2.17. The molecular weight excluding hydrogens is 412 g/mol. The fourth-order valence-corrected chi connectivity index (χ4v) is 3.80. The van der Waals surface area contributed by atoms with Crippen LogP contribution in [0, 0.1) is 0 Å². The third-order valence-corrected chi connectivity index (χ3v) is 5.69. The molecule has 33 heavy (non-hydrogen) atoms. The second kappa shape index (κ2) is 9.45. The van der Waals surface area contributed by atoms with Gasteiger partial charge in [0.15, 0.2) is 0 Å². The molecule has 0 atom stereocenters. The maximum absolute atomic E-state index is 12.8. The summed E-state index contributed by atoms with van der Waals surface area (Å²) in [6, 6.07) is 19.7. The summed E-state index contributed by atoms with van der Waals surface area (Å²) in [5.41, 5.74) is 3.94. The van der Waals surface area contributed by atoms with Gasteiger partial charge in [-0.15, -0.1) is 0 Å². The number of hydrogen-bond acceptors (Lipinski definition) is 4. The lowest BCUT2D eigenvalue weighted by Crippen LogP contribution is -2.28. The molecule has 6 heteroatoms. The largest absolute Gasteiger partial charge is 0.492 e. The number of carbonyl (C=O) groups is 1. The van der Waals surface area contributed by atoms with Crippen molar-refractivity contribution in [1.82, 2.24) is 19.4 Å². The first-order valence-electron chi connectivity index (χ1n) is 11.2. The Kier molecular flexibility index (Phi) is 6.45. The van der Waals surface area contributed by atoms with Crippen molar-refractivity contribution in [2.45, 2.75) is 39.3 Å². The predicted octanol–water partition coefficient (Wildman–Crippen LogP) is 5.08. The standard InChI is InChI=1S/C27H30N4O2/c1-27(2,3)21-9-11-22(12-10-21)33-18-17-31-24-8-6-5-7-23(24)29-25(31)19-30(4)26(32)20-13-15-28-16-14-20/h5-16H,17-19H2,1-4H3. The molecule has 0 bridgehead atoms. The van der Waals surface area contributed by atoms with Crippen LogP contribution in [0.3, 0.4) is 0 Å². The van der Waals surface area contributed by atoms with Crippen molar-refractivity contribution in [3.8, 4) is 5.75 Å². The summed E-state index contributed by atoms with van der Waals surface area (Å²) in [7, 11) is 1.79. The number of amides is 1. The van der Waals surface area contributed by atoms with Crippen LogP contribution in [0.4, 0.5) is 0 Å². The van der Waals surface area contributed by atoms with Crippen molar-refractivity contribution in [1.29, 1.82) is 0 Å². The van der Waals surface area contributed by atoms with Gasteiger partial charge >= 0.3 is 0 Å². The minimum atomic E-state index is -0.0637. The average molecular weight is 443 g/mol. The second-order valence-electron chi connectivity index (χ2n) is 9.19. The lowest BCUT2D eigenvalue weighted by Gasteiger charge is -2.19. The van der Waals surface area contributed by atoms with E-state index in [1.165, 1.54) is 5.56 Å². The number of imidazole rings is 1. The lowest BCUT2D eigenvalue weighted by atomic mass is 9.87. The van der Waals surface area contributed by atoms with Crippen LogP contribution >= 0.6 is 0 Å². The SMILES string of the molecule is CN(Cc1nc2ccccc2n1CCOc1ccc(C(C)(C)C)cc1)C(=O)c1ccncc1. The van der Waals surface area contributed by atoms with Crippen molar-refractivity contribution in [2.75, 3.05) is 13.7 Å². The van der Waals surface area contributed by atoms with Gasteiger partial charge in [0.1, 0.15) is 18.2 Å². The Balaban J connectivity index is 1.49. The first-order chi connectivity index (χ1) is 15.8. The molecule has 2 aromatic heterocycles. The molecule has 6 nitrogen and oxygen atoms in total. The molecule has 0 saturated heterocycles. The molecule has 0 unspecified atom stereocenters. The van der Waals surface area contributed by atoms with Gasteiger partial charge in [0.05, 0.1) is 24.1 Å². The highest BCUT2D eigenvalue weighted by molar-refractivity contribution is 5.93. The van der Waals surface area contributed by atoms with E-state index in [-0.39, 0.29) is 11.3 Å². The summed E-state index contributed by atoms with van der Waals surface area (Å²) in [5.74, 6) is 1.61. The number of hydrogen-bond donors (Lipinski definition) is 0. The molecule has 4 rings (SSSR count). The zero-order valence-electron chi connectivity index (χ0n) is 19.7. The summed E-state index contributed by atoms with van der Waals surface area (Å²) in [6.07, 6.45) is 3.25. The van der Waals surface area contributed by atoms with Crippen molar-refractivity contribution in [2.24, 2.45) is 0 Å². The number of nitrogens with zero attached hydrogens (tertiary/aromatic N) is 4. The maximum Gasteiger partial charge on any atom is 0.254 e. The summed E-state index contributed by atoms with van der Waals surface area (Å²) >= 11 is 0.